The van der Waals surface area contributed by atoms with Crippen molar-refractivity contribution >= 4 is 11.3 Å². The summed E-state index contributed by atoms with van der Waals surface area (Å²) in [6, 6.07) is 0. The minimum atomic E-state index is -0.386. The molecule has 1 aromatic heterocycles. The molecule has 0 aliphatic carbocycles. The van der Waals surface area contributed by atoms with E-state index < -0.39 is 0 Å². The van der Waals surface area contributed by atoms with Crippen LogP contribution in [0.5, 0.6) is 0 Å². The summed E-state index contributed by atoms with van der Waals surface area (Å²) in [6.07, 6.45) is 2.46. The van der Waals surface area contributed by atoms with Gasteiger partial charge in [-0.05, 0) is 6.42 Å². The van der Waals surface area contributed by atoms with Crippen molar-refractivity contribution in [3.63, 3.8) is 0 Å². The van der Waals surface area contributed by atoms with Gasteiger partial charge in [-0.1, -0.05) is 13.3 Å². The summed E-state index contributed by atoms with van der Waals surface area (Å²) < 4.78 is 0. The van der Waals surface area contributed by atoms with Gasteiger partial charge in [-0.15, -0.1) is 11.3 Å². The van der Waals surface area contributed by atoms with Gasteiger partial charge in [0.2, 0.25) is 0 Å². The van der Waals surface area contributed by atoms with Crippen LogP contribution in [-0.4, -0.2) is 28.4 Å². The molecular formula is C10H17NO2S. The Labute approximate surface area is 88.4 Å². The topological polar surface area (TPSA) is 53.4 Å². The fourth-order valence-electron chi connectivity index (χ4n) is 1.65. The van der Waals surface area contributed by atoms with Crippen molar-refractivity contribution < 1.29 is 10.2 Å². The lowest BCUT2D eigenvalue weighted by molar-refractivity contribution is 0.0459. The fourth-order valence-corrected chi connectivity index (χ4v) is 2.21. The molecule has 0 amide bonds. The van der Waals surface area contributed by atoms with E-state index in [1.807, 2.05) is 5.38 Å². The Bertz CT molecular complexity index is 245. The first-order valence-corrected chi connectivity index (χ1v) is 5.79. The largest absolute Gasteiger partial charge is 0.396 e. The molecule has 0 fully saturated rings. The van der Waals surface area contributed by atoms with E-state index in [0.717, 1.165) is 18.5 Å². The summed E-state index contributed by atoms with van der Waals surface area (Å²) in [4.78, 5) is 4.18. The summed E-state index contributed by atoms with van der Waals surface area (Å²) in [7, 11) is 0. The molecule has 1 rings (SSSR count). The van der Waals surface area contributed by atoms with Gasteiger partial charge < -0.3 is 10.2 Å². The van der Waals surface area contributed by atoms with Crippen molar-refractivity contribution in [3.8, 4) is 0 Å². The highest BCUT2D eigenvalue weighted by atomic mass is 32.1. The first kappa shape index (κ1) is 11.6. The van der Waals surface area contributed by atoms with Crippen LogP contribution in [0.1, 0.15) is 25.5 Å². The van der Waals surface area contributed by atoms with Crippen molar-refractivity contribution in [1.29, 1.82) is 0 Å². The lowest BCUT2D eigenvalue weighted by Crippen LogP contribution is -2.32. The Kier molecular flexibility index (Phi) is 4.51. The molecular weight excluding hydrogens is 198 g/mol. The highest BCUT2D eigenvalue weighted by Crippen LogP contribution is 2.27. The molecule has 80 valence electrons. The Hall–Kier alpha value is -0.450. The van der Waals surface area contributed by atoms with E-state index in [1.54, 1.807) is 16.8 Å². The summed E-state index contributed by atoms with van der Waals surface area (Å²) in [5.41, 5.74) is 2.36. The van der Waals surface area contributed by atoms with Crippen LogP contribution in [0.4, 0.5) is 0 Å². The third-order valence-corrected chi connectivity index (χ3v) is 3.13. The number of aliphatic hydroxyl groups is 2. The minimum absolute atomic E-state index is 0.0227. The molecule has 0 saturated heterocycles. The molecule has 4 heteroatoms. The van der Waals surface area contributed by atoms with Gasteiger partial charge in [0.05, 0.1) is 24.4 Å². The minimum Gasteiger partial charge on any atom is -0.396 e. The zero-order chi connectivity index (χ0) is 10.4. The molecule has 0 aromatic carbocycles. The van der Waals surface area contributed by atoms with Crippen molar-refractivity contribution in [2.24, 2.45) is 5.41 Å². The zero-order valence-electron chi connectivity index (χ0n) is 8.44. The van der Waals surface area contributed by atoms with Gasteiger partial charge in [0.15, 0.2) is 0 Å². The van der Waals surface area contributed by atoms with Crippen LogP contribution in [0.25, 0.3) is 0 Å². The lowest BCUT2D eigenvalue weighted by atomic mass is 9.81. The first-order valence-electron chi connectivity index (χ1n) is 4.85. The van der Waals surface area contributed by atoms with Crippen LogP contribution < -0.4 is 0 Å². The summed E-state index contributed by atoms with van der Waals surface area (Å²) in [5.74, 6) is 0. The smallest absolute Gasteiger partial charge is 0.0794 e. The second kappa shape index (κ2) is 5.44. The number of aromatic nitrogens is 1. The number of hydrogen-bond acceptors (Lipinski definition) is 4. The molecule has 1 aromatic rings. The van der Waals surface area contributed by atoms with Crippen LogP contribution in [0.15, 0.2) is 10.9 Å². The maximum atomic E-state index is 9.32. The highest BCUT2D eigenvalue weighted by Gasteiger charge is 2.28. The predicted octanol–water partition coefficient (Wildman–Crippen LogP) is 1.46. The molecule has 0 aliphatic rings. The Balaban J connectivity index is 2.67. The standard InChI is InChI=1S/C10H17NO2S/c1-2-3-10(6-12,7-13)4-9-5-14-8-11-9/h5,8,12-13H,2-4,6-7H2,1H3. The molecule has 2 N–H and O–H groups in total. The molecule has 0 spiro atoms. The van der Waals surface area contributed by atoms with E-state index in [-0.39, 0.29) is 18.6 Å². The van der Waals surface area contributed by atoms with Crippen molar-refractivity contribution in [2.75, 3.05) is 13.2 Å². The molecule has 0 saturated carbocycles. The van der Waals surface area contributed by atoms with E-state index in [0.29, 0.717) is 6.42 Å². The van der Waals surface area contributed by atoms with Gasteiger partial charge in [0, 0.05) is 17.2 Å². The van der Waals surface area contributed by atoms with Crippen LogP contribution >= 0.6 is 11.3 Å². The third kappa shape index (κ3) is 2.77. The molecule has 3 nitrogen and oxygen atoms in total. The number of thiazole rings is 1. The average Bonchev–Trinajstić information content (AvgIpc) is 2.69. The zero-order valence-corrected chi connectivity index (χ0v) is 9.26. The van der Waals surface area contributed by atoms with Crippen LogP contribution in [0, 0.1) is 5.41 Å². The molecule has 1 heterocycles. The highest BCUT2D eigenvalue weighted by molar-refractivity contribution is 7.07. The molecule has 0 atom stereocenters. The van der Waals surface area contributed by atoms with Crippen molar-refractivity contribution in [2.45, 2.75) is 26.2 Å². The molecule has 14 heavy (non-hydrogen) atoms. The molecule has 0 bridgehead atoms. The molecule has 0 aliphatic heterocycles. The number of aliphatic hydroxyl groups excluding tert-OH is 2. The normalized spacial score (nSPS) is 11.9. The van der Waals surface area contributed by atoms with Gasteiger partial charge in [-0.25, -0.2) is 4.98 Å². The van der Waals surface area contributed by atoms with Gasteiger partial charge in [0.1, 0.15) is 0 Å². The van der Waals surface area contributed by atoms with Crippen LogP contribution in [0.2, 0.25) is 0 Å². The molecule has 0 unspecified atom stereocenters. The fraction of sp³-hybridized carbons (Fsp3) is 0.700. The van der Waals surface area contributed by atoms with Gasteiger partial charge in [0.25, 0.3) is 0 Å². The maximum absolute atomic E-state index is 9.32. The van der Waals surface area contributed by atoms with E-state index in [2.05, 4.69) is 11.9 Å². The van der Waals surface area contributed by atoms with Crippen molar-refractivity contribution in [1.82, 2.24) is 4.98 Å². The number of rotatable bonds is 6. The summed E-state index contributed by atoms with van der Waals surface area (Å²) in [5, 5.41) is 20.6. The van der Waals surface area contributed by atoms with E-state index in [1.165, 1.54) is 0 Å². The first-order chi connectivity index (χ1) is 6.76. The monoisotopic (exact) mass is 215 g/mol. The van der Waals surface area contributed by atoms with E-state index in [4.69, 9.17) is 0 Å². The predicted molar refractivity (Wildman–Crippen MR) is 57.3 cm³/mol. The number of hydrogen-bond donors (Lipinski definition) is 2. The quantitative estimate of drug-likeness (QED) is 0.755. The Morgan fingerprint density at radius 2 is 2.14 bits per heavy atom. The second-order valence-electron chi connectivity index (χ2n) is 3.72. The third-order valence-electron chi connectivity index (χ3n) is 2.49. The number of nitrogens with zero attached hydrogens (tertiary/aromatic N) is 1. The Morgan fingerprint density at radius 1 is 1.43 bits per heavy atom. The van der Waals surface area contributed by atoms with E-state index >= 15 is 0 Å². The molecule has 0 radical (unpaired) electrons. The maximum Gasteiger partial charge on any atom is 0.0794 e. The lowest BCUT2D eigenvalue weighted by Gasteiger charge is -2.28. The van der Waals surface area contributed by atoms with Crippen LogP contribution in [-0.2, 0) is 6.42 Å². The summed E-state index contributed by atoms with van der Waals surface area (Å²) >= 11 is 1.54. The SMILES string of the molecule is CCCC(CO)(CO)Cc1cscn1. The van der Waals surface area contributed by atoms with E-state index in [9.17, 15) is 10.2 Å². The Morgan fingerprint density at radius 3 is 2.57 bits per heavy atom. The van der Waals surface area contributed by atoms with Gasteiger partial charge in [-0.2, -0.15) is 0 Å². The average molecular weight is 215 g/mol. The second-order valence-corrected chi connectivity index (χ2v) is 4.44. The summed E-state index contributed by atoms with van der Waals surface area (Å²) in [6.45, 7) is 2.10. The van der Waals surface area contributed by atoms with Crippen LogP contribution in [0.3, 0.4) is 0 Å². The van der Waals surface area contributed by atoms with Crippen molar-refractivity contribution in [3.05, 3.63) is 16.6 Å². The van der Waals surface area contributed by atoms with Gasteiger partial charge >= 0.3 is 0 Å². The van der Waals surface area contributed by atoms with Gasteiger partial charge in [-0.3, -0.25) is 0 Å².